The molecule has 7 nitrogen and oxygen atoms in total. The Morgan fingerprint density at radius 3 is 2.76 bits per heavy atom. The van der Waals surface area contributed by atoms with Crippen LogP contribution in [-0.2, 0) is 16.1 Å². The first kappa shape index (κ1) is 15.1. The van der Waals surface area contributed by atoms with Gasteiger partial charge in [-0.3, -0.25) is 14.6 Å². The highest BCUT2D eigenvalue weighted by atomic mass is 16.5. The Kier molecular flexibility index (Phi) is 4.62. The summed E-state index contributed by atoms with van der Waals surface area (Å²) in [7, 11) is 3.05. The summed E-state index contributed by atoms with van der Waals surface area (Å²) in [6.07, 6.45) is 2.15. The van der Waals surface area contributed by atoms with Crippen molar-refractivity contribution < 1.29 is 19.1 Å². The van der Waals surface area contributed by atoms with Crippen molar-refractivity contribution in [2.24, 2.45) is 0 Å². The van der Waals surface area contributed by atoms with Gasteiger partial charge in [-0.2, -0.15) is 0 Å². The van der Waals surface area contributed by atoms with Crippen LogP contribution < -0.4 is 14.8 Å². The summed E-state index contributed by atoms with van der Waals surface area (Å²) in [6, 6.07) is 1.21. The molecule has 0 radical (unpaired) electrons. The number of amides is 2. The minimum absolute atomic E-state index is 0.0252. The molecular formula is C14H19N3O4. The maximum absolute atomic E-state index is 12.3. The Bertz CT molecular complexity index is 547. The first-order valence-electron chi connectivity index (χ1n) is 6.74. The third-order valence-corrected chi connectivity index (χ3v) is 3.39. The molecule has 0 aliphatic carbocycles. The highest BCUT2D eigenvalue weighted by molar-refractivity contribution is 5.94. The summed E-state index contributed by atoms with van der Waals surface area (Å²) in [4.78, 5) is 29.7. The molecule has 114 valence electrons. The van der Waals surface area contributed by atoms with E-state index in [1.54, 1.807) is 12.3 Å². The van der Waals surface area contributed by atoms with E-state index in [1.807, 2.05) is 6.92 Å². The predicted molar refractivity (Wildman–Crippen MR) is 75.0 cm³/mol. The molecule has 1 fully saturated rings. The summed E-state index contributed by atoms with van der Waals surface area (Å²) in [6.45, 7) is 2.09. The minimum Gasteiger partial charge on any atom is -0.493 e. The van der Waals surface area contributed by atoms with Gasteiger partial charge in [0.15, 0.2) is 11.5 Å². The molecule has 0 bridgehead atoms. The lowest BCUT2D eigenvalue weighted by Crippen LogP contribution is -2.57. The SMILES string of the molecule is CCC1NC(=O)CN(Cc2nccc(OC)c2OC)C1=O. The summed E-state index contributed by atoms with van der Waals surface area (Å²) in [5.41, 5.74) is 0.565. The lowest BCUT2D eigenvalue weighted by molar-refractivity contribution is -0.145. The number of carbonyl (C=O) groups excluding carboxylic acids is 2. The van der Waals surface area contributed by atoms with Gasteiger partial charge in [0.25, 0.3) is 0 Å². The van der Waals surface area contributed by atoms with Gasteiger partial charge in [0.05, 0.1) is 20.8 Å². The molecule has 0 spiro atoms. The van der Waals surface area contributed by atoms with Crippen LogP contribution in [0.4, 0.5) is 0 Å². The molecule has 2 rings (SSSR count). The van der Waals surface area contributed by atoms with E-state index in [4.69, 9.17) is 9.47 Å². The monoisotopic (exact) mass is 293 g/mol. The van der Waals surface area contributed by atoms with E-state index in [0.29, 0.717) is 23.6 Å². The van der Waals surface area contributed by atoms with Gasteiger partial charge < -0.3 is 19.7 Å². The van der Waals surface area contributed by atoms with Gasteiger partial charge in [0.2, 0.25) is 11.8 Å². The van der Waals surface area contributed by atoms with Crippen molar-refractivity contribution in [3.05, 3.63) is 18.0 Å². The van der Waals surface area contributed by atoms with Gasteiger partial charge in [0.1, 0.15) is 18.3 Å². The standard InChI is InChI=1S/C14H19N3O4/c1-4-9-14(19)17(8-12(18)16-9)7-10-13(21-3)11(20-2)5-6-15-10/h5-6,9H,4,7-8H2,1-3H3,(H,16,18). The molecule has 7 heteroatoms. The van der Waals surface area contributed by atoms with E-state index >= 15 is 0 Å². The van der Waals surface area contributed by atoms with Gasteiger partial charge in [0, 0.05) is 12.3 Å². The van der Waals surface area contributed by atoms with Gasteiger partial charge in [-0.25, -0.2) is 0 Å². The topological polar surface area (TPSA) is 80.8 Å². The van der Waals surface area contributed by atoms with Crippen molar-refractivity contribution in [1.29, 1.82) is 0 Å². The van der Waals surface area contributed by atoms with Crippen LogP contribution in [0.3, 0.4) is 0 Å². The quantitative estimate of drug-likeness (QED) is 0.846. The molecule has 1 N–H and O–H groups in total. The molecule has 1 aromatic rings. The summed E-state index contributed by atoms with van der Waals surface area (Å²) in [5.74, 6) is 0.752. The number of rotatable bonds is 5. The van der Waals surface area contributed by atoms with Crippen molar-refractivity contribution >= 4 is 11.8 Å². The number of pyridine rings is 1. The average Bonchev–Trinajstić information content (AvgIpc) is 2.50. The minimum atomic E-state index is -0.470. The van der Waals surface area contributed by atoms with E-state index in [0.717, 1.165) is 0 Å². The molecule has 0 aromatic carbocycles. The molecule has 21 heavy (non-hydrogen) atoms. The van der Waals surface area contributed by atoms with Crippen molar-refractivity contribution in [3.8, 4) is 11.5 Å². The maximum atomic E-state index is 12.3. The molecular weight excluding hydrogens is 274 g/mol. The van der Waals surface area contributed by atoms with Crippen LogP contribution in [0.2, 0.25) is 0 Å². The number of aromatic nitrogens is 1. The normalized spacial score (nSPS) is 18.4. The van der Waals surface area contributed by atoms with Gasteiger partial charge >= 0.3 is 0 Å². The number of methoxy groups -OCH3 is 2. The second kappa shape index (κ2) is 6.43. The van der Waals surface area contributed by atoms with Crippen LogP contribution in [0.25, 0.3) is 0 Å². The molecule has 1 aliphatic heterocycles. The van der Waals surface area contributed by atoms with Gasteiger partial charge in [-0.05, 0) is 6.42 Å². The average molecular weight is 293 g/mol. The summed E-state index contributed by atoms with van der Waals surface area (Å²) >= 11 is 0. The number of hydrogen-bond acceptors (Lipinski definition) is 5. The molecule has 1 unspecified atom stereocenters. The first-order valence-corrected chi connectivity index (χ1v) is 6.74. The van der Waals surface area contributed by atoms with Crippen LogP contribution in [0, 0.1) is 0 Å². The third kappa shape index (κ3) is 3.07. The molecule has 1 aliphatic rings. The van der Waals surface area contributed by atoms with E-state index in [9.17, 15) is 9.59 Å². The van der Waals surface area contributed by atoms with Crippen LogP contribution in [0.5, 0.6) is 11.5 Å². The van der Waals surface area contributed by atoms with E-state index < -0.39 is 6.04 Å². The molecule has 1 atom stereocenters. The molecule has 1 saturated heterocycles. The van der Waals surface area contributed by atoms with Crippen LogP contribution >= 0.6 is 0 Å². The number of piperazine rings is 1. The fourth-order valence-corrected chi connectivity index (χ4v) is 2.33. The lowest BCUT2D eigenvalue weighted by Gasteiger charge is -2.32. The Morgan fingerprint density at radius 1 is 1.38 bits per heavy atom. The number of carbonyl (C=O) groups is 2. The fourth-order valence-electron chi connectivity index (χ4n) is 2.33. The van der Waals surface area contributed by atoms with E-state index in [-0.39, 0.29) is 24.9 Å². The van der Waals surface area contributed by atoms with Crippen LogP contribution in [0.1, 0.15) is 19.0 Å². The molecule has 2 amide bonds. The van der Waals surface area contributed by atoms with Crippen molar-refractivity contribution in [3.63, 3.8) is 0 Å². The Morgan fingerprint density at radius 2 is 2.14 bits per heavy atom. The highest BCUT2D eigenvalue weighted by Crippen LogP contribution is 2.30. The van der Waals surface area contributed by atoms with E-state index in [2.05, 4.69) is 10.3 Å². The number of nitrogens with one attached hydrogen (secondary N) is 1. The number of nitrogens with zero attached hydrogens (tertiary/aromatic N) is 2. The maximum Gasteiger partial charge on any atom is 0.245 e. The lowest BCUT2D eigenvalue weighted by atomic mass is 10.1. The first-order chi connectivity index (χ1) is 10.1. The van der Waals surface area contributed by atoms with Crippen molar-refractivity contribution in [2.75, 3.05) is 20.8 Å². The van der Waals surface area contributed by atoms with Crippen LogP contribution in [-0.4, -0.2) is 48.5 Å². The predicted octanol–water partition coefficient (Wildman–Crippen LogP) is 0.336. The largest absolute Gasteiger partial charge is 0.493 e. The second-order valence-corrected chi connectivity index (χ2v) is 4.72. The zero-order valence-corrected chi connectivity index (χ0v) is 12.4. The smallest absolute Gasteiger partial charge is 0.245 e. The van der Waals surface area contributed by atoms with E-state index in [1.165, 1.54) is 19.1 Å². The van der Waals surface area contributed by atoms with Crippen molar-refractivity contribution in [2.45, 2.75) is 25.9 Å². The Labute approximate surface area is 123 Å². The van der Waals surface area contributed by atoms with Crippen molar-refractivity contribution in [1.82, 2.24) is 15.2 Å². The molecule has 0 saturated carbocycles. The highest BCUT2D eigenvalue weighted by Gasteiger charge is 2.32. The summed E-state index contributed by atoms with van der Waals surface area (Å²) in [5, 5.41) is 2.68. The third-order valence-electron chi connectivity index (χ3n) is 3.39. The molecule has 2 heterocycles. The Balaban J connectivity index is 2.24. The second-order valence-electron chi connectivity index (χ2n) is 4.72. The number of ether oxygens (including phenoxy) is 2. The summed E-state index contributed by atoms with van der Waals surface area (Å²) < 4.78 is 10.5. The van der Waals surface area contributed by atoms with Gasteiger partial charge in [-0.1, -0.05) is 6.92 Å². The van der Waals surface area contributed by atoms with Gasteiger partial charge in [-0.15, -0.1) is 0 Å². The zero-order chi connectivity index (χ0) is 15.4. The van der Waals surface area contributed by atoms with Crippen LogP contribution in [0.15, 0.2) is 12.3 Å². The fraction of sp³-hybridized carbons (Fsp3) is 0.500. The zero-order valence-electron chi connectivity index (χ0n) is 12.4. The Hall–Kier alpha value is -2.31. The molecule has 1 aromatic heterocycles. The number of hydrogen-bond donors (Lipinski definition) is 1.